The van der Waals surface area contributed by atoms with E-state index in [1.807, 2.05) is 0 Å². The average Bonchev–Trinajstić information content (AvgIpc) is 2.86. The molecule has 2 N–H and O–H groups in total. The van der Waals surface area contributed by atoms with Crippen LogP contribution in [0, 0.1) is 6.92 Å². The highest BCUT2D eigenvalue weighted by Gasteiger charge is 2.20. The van der Waals surface area contributed by atoms with Crippen molar-refractivity contribution in [2.75, 3.05) is 6.54 Å². The molecule has 0 saturated carbocycles. The van der Waals surface area contributed by atoms with Gasteiger partial charge in [0.1, 0.15) is 0 Å². The molecule has 0 fully saturated rings. The Morgan fingerprint density at radius 2 is 1.91 bits per heavy atom. The molecule has 0 aromatic heterocycles. The first-order valence-corrected chi connectivity index (χ1v) is 11.2. The van der Waals surface area contributed by atoms with Crippen LogP contribution in [0.5, 0.6) is 0 Å². The molecule has 1 unspecified atom stereocenters. The van der Waals surface area contributed by atoms with E-state index in [1.165, 1.54) is 50.2 Å². The van der Waals surface area contributed by atoms with Crippen molar-refractivity contribution < 1.29 is 0 Å². The molecule has 32 heavy (non-hydrogen) atoms. The average molecular weight is 417 g/mol. The number of aryl methyl sites for hydroxylation is 1. The summed E-state index contributed by atoms with van der Waals surface area (Å²) in [6.45, 7) is 5.20. The molecule has 2 heterocycles. The monoisotopic (exact) mass is 416 g/mol. The fourth-order valence-corrected chi connectivity index (χ4v) is 4.62. The van der Waals surface area contributed by atoms with Crippen molar-refractivity contribution in [3.63, 3.8) is 0 Å². The van der Waals surface area contributed by atoms with Gasteiger partial charge in [-0.25, -0.2) is 0 Å². The second-order valence-electron chi connectivity index (χ2n) is 8.31. The molecule has 0 bridgehead atoms. The number of dihydropyridines is 1. The molecule has 1 atom stereocenters. The standard InChI is InChI=1S/C30H28N2/c1-3-26(23-10-8-11-24(19-23)29-13-6-7-17-31-29)28-20-25(15-14-21(28)2)30-27-12-5-4-9-22(27)16-18-32-30/h3-16,18-20,30-32H,17H2,1-2H3/b26-3-. The summed E-state index contributed by atoms with van der Waals surface area (Å²) in [4.78, 5) is 0. The van der Waals surface area contributed by atoms with Crippen molar-refractivity contribution in [3.05, 3.63) is 136 Å². The van der Waals surface area contributed by atoms with Gasteiger partial charge < -0.3 is 10.6 Å². The molecule has 0 amide bonds. The number of hydrogen-bond donors (Lipinski definition) is 2. The molecule has 3 aromatic rings. The minimum atomic E-state index is 0.156. The largest absolute Gasteiger partial charge is 0.381 e. The Morgan fingerprint density at radius 1 is 1.00 bits per heavy atom. The summed E-state index contributed by atoms with van der Waals surface area (Å²) in [5.41, 5.74) is 11.3. The minimum Gasteiger partial charge on any atom is -0.381 e. The maximum absolute atomic E-state index is 3.56. The Hall–Kier alpha value is -3.78. The van der Waals surface area contributed by atoms with Gasteiger partial charge in [0.25, 0.3) is 0 Å². The molecule has 3 aromatic carbocycles. The first kappa shape index (κ1) is 20.1. The third kappa shape index (κ3) is 3.80. The van der Waals surface area contributed by atoms with Gasteiger partial charge in [-0.05, 0) is 88.8 Å². The summed E-state index contributed by atoms with van der Waals surface area (Å²) < 4.78 is 0. The quantitative estimate of drug-likeness (QED) is 0.500. The molecule has 2 heteroatoms. The summed E-state index contributed by atoms with van der Waals surface area (Å²) in [5, 5.41) is 7.04. The Morgan fingerprint density at radius 3 is 2.75 bits per heavy atom. The lowest BCUT2D eigenvalue weighted by atomic mass is 9.87. The summed E-state index contributed by atoms with van der Waals surface area (Å²) >= 11 is 0. The molecule has 0 saturated heterocycles. The second kappa shape index (κ2) is 8.76. The van der Waals surface area contributed by atoms with E-state index in [0.29, 0.717) is 0 Å². The second-order valence-corrected chi connectivity index (χ2v) is 8.31. The van der Waals surface area contributed by atoms with E-state index in [1.54, 1.807) is 0 Å². The number of benzene rings is 3. The maximum Gasteiger partial charge on any atom is 0.0768 e. The SMILES string of the molecule is C/C=C(/c1cccc(C2=CC=CCN2)c1)c1cc(C2NC=Cc3ccccc32)ccc1C. The van der Waals surface area contributed by atoms with Crippen LogP contribution in [0.2, 0.25) is 0 Å². The molecule has 0 spiro atoms. The zero-order valence-electron chi connectivity index (χ0n) is 18.6. The predicted octanol–water partition coefficient (Wildman–Crippen LogP) is 6.61. The Kier molecular flexibility index (Phi) is 5.51. The van der Waals surface area contributed by atoms with Crippen LogP contribution < -0.4 is 10.6 Å². The van der Waals surface area contributed by atoms with Crippen LogP contribution in [0.25, 0.3) is 17.3 Å². The van der Waals surface area contributed by atoms with Gasteiger partial charge in [0.2, 0.25) is 0 Å². The lowest BCUT2D eigenvalue weighted by Crippen LogP contribution is -2.20. The van der Waals surface area contributed by atoms with E-state index >= 15 is 0 Å². The van der Waals surface area contributed by atoms with Crippen LogP contribution in [-0.2, 0) is 0 Å². The predicted molar refractivity (Wildman–Crippen MR) is 136 cm³/mol. The van der Waals surface area contributed by atoms with Gasteiger partial charge in [-0.15, -0.1) is 0 Å². The van der Waals surface area contributed by atoms with Crippen molar-refractivity contribution in [2.45, 2.75) is 19.9 Å². The van der Waals surface area contributed by atoms with E-state index in [4.69, 9.17) is 0 Å². The van der Waals surface area contributed by atoms with Crippen LogP contribution in [0.3, 0.4) is 0 Å². The molecular formula is C30H28N2. The topological polar surface area (TPSA) is 24.1 Å². The van der Waals surface area contributed by atoms with Gasteiger partial charge in [0.15, 0.2) is 0 Å². The van der Waals surface area contributed by atoms with Crippen LogP contribution in [0.1, 0.15) is 51.9 Å². The summed E-state index contributed by atoms with van der Waals surface area (Å²) in [6, 6.07) is 24.4. The molecule has 5 rings (SSSR count). The normalized spacial score (nSPS) is 17.2. The third-order valence-electron chi connectivity index (χ3n) is 6.30. The fraction of sp³-hybridized carbons (Fsp3) is 0.133. The number of allylic oxidation sites excluding steroid dienone is 3. The van der Waals surface area contributed by atoms with Gasteiger partial charge in [-0.1, -0.05) is 72.8 Å². The van der Waals surface area contributed by atoms with Crippen LogP contribution >= 0.6 is 0 Å². The lowest BCUT2D eigenvalue weighted by Gasteiger charge is -2.25. The van der Waals surface area contributed by atoms with Crippen LogP contribution in [-0.4, -0.2) is 6.54 Å². The summed E-state index contributed by atoms with van der Waals surface area (Å²) in [7, 11) is 0. The Labute approximate surface area is 190 Å². The molecule has 0 radical (unpaired) electrons. The van der Waals surface area contributed by atoms with Crippen molar-refractivity contribution in [3.8, 4) is 0 Å². The van der Waals surface area contributed by atoms with Gasteiger partial charge in [0.05, 0.1) is 6.04 Å². The Balaban J connectivity index is 1.54. The van der Waals surface area contributed by atoms with Crippen molar-refractivity contribution in [1.82, 2.24) is 10.6 Å². The van der Waals surface area contributed by atoms with E-state index in [9.17, 15) is 0 Å². The molecule has 2 nitrogen and oxygen atoms in total. The number of rotatable bonds is 4. The highest BCUT2D eigenvalue weighted by atomic mass is 14.9. The highest BCUT2D eigenvalue weighted by Crippen LogP contribution is 2.34. The van der Waals surface area contributed by atoms with Crippen molar-refractivity contribution >= 4 is 17.3 Å². The molecular weight excluding hydrogens is 388 g/mol. The summed E-state index contributed by atoms with van der Waals surface area (Å²) in [5.74, 6) is 0. The van der Waals surface area contributed by atoms with E-state index in [-0.39, 0.29) is 6.04 Å². The van der Waals surface area contributed by atoms with Crippen LogP contribution in [0.4, 0.5) is 0 Å². The Bertz CT molecular complexity index is 1270. The summed E-state index contributed by atoms with van der Waals surface area (Å²) in [6.07, 6.45) is 12.8. The first-order valence-electron chi connectivity index (χ1n) is 11.2. The molecule has 2 aliphatic heterocycles. The molecule has 158 valence electrons. The zero-order chi connectivity index (χ0) is 21.9. The maximum atomic E-state index is 3.56. The zero-order valence-corrected chi connectivity index (χ0v) is 18.6. The van der Waals surface area contributed by atoms with Gasteiger partial charge in [0, 0.05) is 12.2 Å². The van der Waals surface area contributed by atoms with Crippen molar-refractivity contribution in [1.29, 1.82) is 0 Å². The highest BCUT2D eigenvalue weighted by molar-refractivity contribution is 5.83. The van der Waals surface area contributed by atoms with E-state index in [0.717, 1.165) is 6.54 Å². The number of hydrogen-bond acceptors (Lipinski definition) is 2. The number of fused-ring (bicyclic) bond motifs is 1. The lowest BCUT2D eigenvalue weighted by molar-refractivity contribution is 0.720. The van der Waals surface area contributed by atoms with Gasteiger partial charge in [-0.2, -0.15) is 0 Å². The van der Waals surface area contributed by atoms with Crippen molar-refractivity contribution in [2.24, 2.45) is 0 Å². The first-order chi connectivity index (χ1) is 15.7. The molecule has 0 aliphatic carbocycles. The van der Waals surface area contributed by atoms with E-state index < -0.39 is 0 Å². The van der Waals surface area contributed by atoms with Gasteiger partial charge in [-0.3, -0.25) is 0 Å². The number of nitrogens with one attached hydrogen (secondary N) is 2. The van der Waals surface area contributed by atoms with E-state index in [2.05, 4.69) is 128 Å². The molecule has 2 aliphatic rings. The minimum absolute atomic E-state index is 0.156. The van der Waals surface area contributed by atoms with Crippen LogP contribution in [0.15, 0.2) is 97.2 Å². The third-order valence-corrected chi connectivity index (χ3v) is 6.30. The van der Waals surface area contributed by atoms with Gasteiger partial charge >= 0.3 is 0 Å². The smallest absolute Gasteiger partial charge is 0.0768 e. The fourth-order valence-electron chi connectivity index (χ4n) is 4.62.